The van der Waals surface area contributed by atoms with Crippen molar-refractivity contribution in [1.82, 2.24) is 0 Å². The highest BCUT2D eigenvalue weighted by molar-refractivity contribution is 5.79. The summed E-state index contributed by atoms with van der Waals surface area (Å²) in [5, 5.41) is 2.06. The van der Waals surface area contributed by atoms with Crippen LogP contribution in [0.15, 0.2) is 59.5 Å². The van der Waals surface area contributed by atoms with Gasteiger partial charge in [0.25, 0.3) is 0 Å². The molecular formula is C21H22ClNO7. The van der Waals surface area contributed by atoms with Crippen molar-refractivity contribution >= 4 is 11.0 Å². The first-order valence-electron chi connectivity index (χ1n) is 8.72. The highest BCUT2D eigenvalue weighted by atomic mass is 35.7. The molecule has 0 amide bonds. The number of ether oxygens (including phenoxy) is 2. The van der Waals surface area contributed by atoms with E-state index in [1.54, 1.807) is 14.2 Å². The van der Waals surface area contributed by atoms with Crippen LogP contribution < -0.4 is 38.5 Å². The van der Waals surface area contributed by atoms with Crippen molar-refractivity contribution in [3.63, 3.8) is 0 Å². The Labute approximate surface area is 175 Å². The fraction of sp³-hybridized carbons (Fsp3) is 0.190. The quantitative estimate of drug-likeness (QED) is 0.450. The molecule has 0 saturated heterocycles. The van der Waals surface area contributed by atoms with E-state index in [1.165, 1.54) is 5.56 Å². The van der Waals surface area contributed by atoms with Gasteiger partial charge in [-0.2, -0.15) is 0 Å². The Balaban J connectivity index is 0.000000575. The molecule has 1 heterocycles. The van der Waals surface area contributed by atoms with Crippen molar-refractivity contribution < 1.29 is 47.8 Å². The Kier molecular flexibility index (Phi) is 7.99. The molecule has 0 spiro atoms. The Morgan fingerprint density at radius 1 is 1.00 bits per heavy atom. The molecule has 0 unspecified atom stereocenters. The van der Waals surface area contributed by atoms with Crippen molar-refractivity contribution in [1.29, 1.82) is 0 Å². The molecule has 1 aromatic heterocycles. The van der Waals surface area contributed by atoms with Gasteiger partial charge in [0.05, 0.1) is 25.7 Å². The van der Waals surface area contributed by atoms with Crippen molar-refractivity contribution in [2.75, 3.05) is 20.8 Å². The Hall–Kier alpha value is -2.88. The standard InChI is InChI=1S/C21H21NO3.ClHO4/c1-5-10-22-17-13-20(25-18-8-6-14(2)11-16(17)18)15-7-9-19(23-3)21(12-15)24-4;2-1(3,4)5/h5-9,11-13H,1,10H2,2-4H3;(H,2,3,4,5). The van der Waals surface area contributed by atoms with Crippen LogP contribution >= 0.6 is 0 Å². The van der Waals surface area contributed by atoms with E-state index in [4.69, 9.17) is 32.5 Å². The monoisotopic (exact) mass is 435 g/mol. The number of hydrogen-bond acceptors (Lipinski definition) is 7. The van der Waals surface area contributed by atoms with Gasteiger partial charge in [-0.1, -0.05) is 18.2 Å². The van der Waals surface area contributed by atoms with Gasteiger partial charge in [-0.3, -0.25) is 0 Å². The van der Waals surface area contributed by atoms with Crippen LogP contribution in [-0.2, 0) is 0 Å². The van der Waals surface area contributed by atoms with Gasteiger partial charge in [0, 0.05) is 5.56 Å². The molecule has 0 radical (unpaired) electrons. The normalized spacial score (nSPS) is 11.6. The molecule has 8 nitrogen and oxygen atoms in total. The number of halogens is 1. The lowest BCUT2D eigenvalue weighted by molar-refractivity contribution is -2.00. The first-order chi connectivity index (χ1) is 14.2. The summed E-state index contributed by atoms with van der Waals surface area (Å²) < 4.78 is 50.8. The van der Waals surface area contributed by atoms with E-state index in [1.807, 2.05) is 42.5 Å². The molecule has 0 fully saturated rings. The zero-order valence-electron chi connectivity index (χ0n) is 16.8. The van der Waals surface area contributed by atoms with Crippen LogP contribution in [0.5, 0.6) is 11.5 Å². The van der Waals surface area contributed by atoms with E-state index >= 15 is 0 Å². The van der Waals surface area contributed by atoms with Gasteiger partial charge in [0.1, 0.15) is 11.3 Å². The second-order valence-corrected chi connectivity index (χ2v) is 6.90. The third-order valence-corrected chi connectivity index (χ3v) is 4.03. The van der Waals surface area contributed by atoms with Gasteiger partial charge in [-0.25, -0.2) is 23.6 Å². The third kappa shape index (κ3) is 6.58. The molecule has 2 aromatic carbocycles. The molecule has 0 bridgehead atoms. The fourth-order valence-corrected chi connectivity index (χ4v) is 2.76. The second kappa shape index (κ2) is 10.2. The maximum absolute atomic E-state index is 8.49. The van der Waals surface area contributed by atoms with Gasteiger partial charge >= 0.3 is 0 Å². The van der Waals surface area contributed by atoms with Gasteiger partial charge in [-0.15, -0.1) is 10.2 Å². The molecule has 1 N–H and O–H groups in total. The van der Waals surface area contributed by atoms with Crippen molar-refractivity contribution in [3.05, 3.63) is 66.0 Å². The van der Waals surface area contributed by atoms with Gasteiger partial charge < -0.3 is 13.9 Å². The van der Waals surface area contributed by atoms with Gasteiger partial charge in [0.15, 0.2) is 18.0 Å². The molecule has 160 valence electrons. The molecule has 30 heavy (non-hydrogen) atoms. The molecule has 0 aliphatic carbocycles. The zero-order chi connectivity index (χ0) is 22.3. The lowest BCUT2D eigenvalue weighted by atomic mass is 10.1. The van der Waals surface area contributed by atoms with Crippen LogP contribution in [-0.4, -0.2) is 20.8 Å². The molecule has 0 saturated carbocycles. The average Bonchev–Trinajstić information content (AvgIpc) is 2.70. The SMILES string of the molecule is C=CC[NH+]=c1cc(-c2ccc(OC)c(OC)c2)oc2ccc(C)cc12.[O-][Cl+3]([O-])([O-])[O-]. The molecular weight excluding hydrogens is 414 g/mol. The minimum Gasteiger partial charge on any atom is -0.493 e. The molecule has 3 aromatic rings. The largest absolute Gasteiger partial charge is 0.493 e. The smallest absolute Gasteiger partial charge is 0.213 e. The minimum absolute atomic E-state index is 0.666. The number of benzene rings is 2. The lowest BCUT2D eigenvalue weighted by Gasteiger charge is -2.17. The summed E-state index contributed by atoms with van der Waals surface area (Å²) in [5.74, 6) is 2.11. The first-order valence-corrected chi connectivity index (χ1v) is 9.96. The maximum Gasteiger partial charge on any atom is 0.213 e. The lowest BCUT2D eigenvalue weighted by Crippen LogP contribution is -2.76. The van der Waals surface area contributed by atoms with Crippen LogP contribution in [0.1, 0.15) is 5.56 Å². The summed E-state index contributed by atoms with van der Waals surface area (Å²) >= 11 is 0. The zero-order valence-corrected chi connectivity index (χ0v) is 17.5. The Morgan fingerprint density at radius 2 is 1.67 bits per heavy atom. The number of rotatable bonds is 5. The number of nitrogens with one attached hydrogen (secondary N) is 1. The van der Waals surface area contributed by atoms with Crippen LogP contribution in [0.2, 0.25) is 0 Å². The predicted molar refractivity (Wildman–Crippen MR) is 98.7 cm³/mol. The van der Waals surface area contributed by atoms with Crippen LogP contribution in [0.25, 0.3) is 22.3 Å². The minimum atomic E-state index is -4.94. The summed E-state index contributed by atoms with van der Waals surface area (Å²) in [5.41, 5.74) is 2.93. The second-order valence-electron chi connectivity index (χ2n) is 6.14. The number of methoxy groups -OCH3 is 2. The highest BCUT2D eigenvalue weighted by Crippen LogP contribution is 2.32. The third-order valence-electron chi connectivity index (χ3n) is 4.03. The number of fused-ring (bicyclic) bond motifs is 1. The first kappa shape index (κ1) is 23.4. The predicted octanol–water partition coefficient (Wildman–Crippen LogP) is -2.16. The summed E-state index contributed by atoms with van der Waals surface area (Å²) in [4.78, 5) is 3.39. The topological polar surface area (TPSA) is 138 Å². The molecule has 0 aliphatic heterocycles. The van der Waals surface area contributed by atoms with Crippen molar-refractivity contribution in [2.45, 2.75) is 6.92 Å². The Bertz CT molecular complexity index is 1080. The number of hydrogen-bond donors (Lipinski definition) is 1. The van der Waals surface area contributed by atoms with Gasteiger partial charge in [0.2, 0.25) is 5.36 Å². The summed E-state index contributed by atoms with van der Waals surface area (Å²) in [6.45, 7) is 6.53. The molecule has 9 heteroatoms. The molecule has 0 aliphatic rings. The van der Waals surface area contributed by atoms with Crippen molar-refractivity contribution in [2.24, 2.45) is 0 Å². The summed E-state index contributed by atoms with van der Waals surface area (Å²) in [6.07, 6.45) is 1.84. The highest BCUT2D eigenvalue weighted by Gasteiger charge is 2.12. The Morgan fingerprint density at radius 3 is 2.27 bits per heavy atom. The van der Waals surface area contributed by atoms with E-state index in [2.05, 4.69) is 24.6 Å². The summed E-state index contributed by atoms with van der Waals surface area (Å²) in [7, 11) is -1.70. The van der Waals surface area contributed by atoms with E-state index in [0.717, 1.165) is 27.7 Å². The van der Waals surface area contributed by atoms with E-state index < -0.39 is 10.2 Å². The van der Waals surface area contributed by atoms with Gasteiger partial charge in [-0.05, 0) is 43.3 Å². The summed E-state index contributed by atoms with van der Waals surface area (Å²) in [6, 6.07) is 13.9. The van der Waals surface area contributed by atoms with E-state index in [-0.39, 0.29) is 0 Å². The van der Waals surface area contributed by atoms with Crippen LogP contribution in [0.3, 0.4) is 0 Å². The van der Waals surface area contributed by atoms with Crippen LogP contribution in [0, 0.1) is 17.2 Å². The average molecular weight is 436 g/mol. The molecule has 0 atom stereocenters. The van der Waals surface area contributed by atoms with Crippen LogP contribution in [0.4, 0.5) is 0 Å². The molecule has 3 rings (SSSR count). The fourth-order valence-electron chi connectivity index (χ4n) is 2.76. The van der Waals surface area contributed by atoms with E-state index in [9.17, 15) is 0 Å². The van der Waals surface area contributed by atoms with Crippen molar-refractivity contribution in [3.8, 4) is 22.8 Å². The maximum atomic E-state index is 8.49. The van der Waals surface area contributed by atoms with E-state index in [0.29, 0.717) is 18.0 Å². The number of aryl methyl sites for hydroxylation is 1.